The maximum Gasteiger partial charge on any atom is 0.368 e. The summed E-state index contributed by atoms with van der Waals surface area (Å²) < 4.78 is 11.2. The van der Waals surface area contributed by atoms with Gasteiger partial charge >= 0.3 is 5.69 Å². The number of rotatable bonds is 2. The summed E-state index contributed by atoms with van der Waals surface area (Å²) in [4.78, 5) is 14.8. The molecule has 1 aromatic rings. The topological polar surface area (TPSA) is 112 Å². The first-order valence-corrected chi connectivity index (χ1v) is 4.30. The maximum atomic E-state index is 11.3. The van der Waals surface area contributed by atoms with Crippen LogP contribution >= 0.6 is 0 Å². The molecule has 82 valence electrons. The molecular formula is C7H10N4O4. The van der Waals surface area contributed by atoms with Crippen LogP contribution in [0.1, 0.15) is 6.23 Å². The van der Waals surface area contributed by atoms with E-state index in [1.807, 2.05) is 0 Å². The van der Waals surface area contributed by atoms with Gasteiger partial charge in [-0.25, -0.2) is 4.79 Å². The highest BCUT2D eigenvalue weighted by atomic mass is 16.7. The summed E-state index contributed by atoms with van der Waals surface area (Å²) in [6, 6.07) is 0. The number of anilines is 1. The zero-order chi connectivity index (χ0) is 10.8. The fourth-order valence-corrected chi connectivity index (χ4v) is 1.23. The lowest BCUT2D eigenvalue weighted by molar-refractivity contribution is -0.101. The Labute approximate surface area is 84.2 Å². The lowest BCUT2D eigenvalue weighted by Crippen LogP contribution is -2.31. The number of ether oxygens (including phenoxy) is 2. The van der Waals surface area contributed by atoms with Crippen molar-refractivity contribution >= 4 is 5.82 Å². The third kappa shape index (κ3) is 1.96. The molecule has 1 aromatic heterocycles. The van der Waals surface area contributed by atoms with Crippen LogP contribution in [0.5, 0.6) is 0 Å². The van der Waals surface area contributed by atoms with E-state index in [0.717, 1.165) is 4.68 Å². The summed E-state index contributed by atoms with van der Waals surface area (Å²) >= 11 is 0. The first-order valence-electron chi connectivity index (χ1n) is 4.30. The van der Waals surface area contributed by atoms with E-state index < -0.39 is 18.2 Å². The number of hydrogen-bond acceptors (Lipinski definition) is 7. The van der Waals surface area contributed by atoms with Gasteiger partial charge in [0.2, 0.25) is 0 Å². The molecule has 0 aromatic carbocycles. The van der Waals surface area contributed by atoms with Crippen molar-refractivity contribution < 1.29 is 14.6 Å². The maximum absolute atomic E-state index is 11.3. The Kier molecular flexibility index (Phi) is 2.62. The number of nitrogens with zero attached hydrogens (tertiary/aromatic N) is 3. The molecule has 1 saturated heterocycles. The monoisotopic (exact) mass is 214 g/mol. The van der Waals surface area contributed by atoms with Gasteiger partial charge in [0, 0.05) is 0 Å². The highest BCUT2D eigenvalue weighted by Gasteiger charge is 2.28. The second-order valence-corrected chi connectivity index (χ2v) is 2.94. The van der Waals surface area contributed by atoms with Gasteiger partial charge in [0.1, 0.15) is 5.82 Å². The van der Waals surface area contributed by atoms with Crippen LogP contribution in [0.15, 0.2) is 11.0 Å². The number of aliphatic hydroxyl groups excluding tert-OH is 1. The molecule has 2 unspecified atom stereocenters. The molecule has 8 nitrogen and oxygen atoms in total. The Bertz CT molecular complexity index is 406. The first kappa shape index (κ1) is 10.0. The predicted octanol–water partition coefficient (Wildman–Crippen LogP) is -1.92. The summed E-state index contributed by atoms with van der Waals surface area (Å²) in [6.45, 7) is -0.128. The molecule has 0 saturated carbocycles. The van der Waals surface area contributed by atoms with Crippen LogP contribution in [0.3, 0.4) is 0 Å². The van der Waals surface area contributed by atoms with Crippen LogP contribution in [0.2, 0.25) is 0 Å². The number of aromatic nitrogens is 3. The molecule has 0 amide bonds. The van der Waals surface area contributed by atoms with Crippen molar-refractivity contribution in [2.45, 2.75) is 12.5 Å². The average Bonchev–Trinajstić information content (AvgIpc) is 2.66. The molecule has 0 bridgehead atoms. The highest BCUT2D eigenvalue weighted by Crippen LogP contribution is 2.17. The van der Waals surface area contributed by atoms with E-state index in [1.54, 1.807) is 0 Å². The normalized spacial score (nSPS) is 25.7. The Balaban J connectivity index is 2.20. The van der Waals surface area contributed by atoms with Crippen LogP contribution < -0.4 is 11.4 Å². The van der Waals surface area contributed by atoms with Crippen LogP contribution in [0.4, 0.5) is 5.82 Å². The third-order valence-corrected chi connectivity index (χ3v) is 1.89. The van der Waals surface area contributed by atoms with Gasteiger partial charge in [-0.05, 0) is 0 Å². The molecule has 1 aliphatic rings. The van der Waals surface area contributed by atoms with Crippen LogP contribution in [0, 0.1) is 0 Å². The minimum Gasteiger partial charge on any atom is -0.391 e. The van der Waals surface area contributed by atoms with E-state index in [1.165, 1.54) is 6.20 Å². The van der Waals surface area contributed by atoms with Crippen molar-refractivity contribution in [2.24, 2.45) is 0 Å². The molecule has 3 N–H and O–H groups in total. The molecule has 0 radical (unpaired) electrons. The van der Waals surface area contributed by atoms with Crippen molar-refractivity contribution in [3.05, 3.63) is 16.7 Å². The van der Waals surface area contributed by atoms with Crippen molar-refractivity contribution in [1.82, 2.24) is 14.8 Å². The molecular weight excluding hydrogens is 204 g/mol. The molecule has 1 fully saturated rings. The van der Waals surface area contributed by atoms with Crippen LogP contribution in [-0.2, 0) is 9.47 Å². The minimum atomic E-state index is -0.721. The number of nitrogen functional groups attached to an aromatic ring is 1. The Morgan fingerprint density at radius 2 is 2.53 bits per heavy atom. The smallest absolute Gasteiger partial charge is 0.368 e. The van der Waals surface area contributed by atoms with E-state index in [4.69, 9.17) is 20.3 Å². The lowest BCUT2D eigenvalue weighted by Gasteiger charge is -2.10. The second kappa shape index (κ2) is 3.93. The molecule has 1 aliphatic heterocycles. The quantitative estimate of drug-likeness (QED) is 0.590. The minimum absolute atomic E-state index is 0.0499. The van der Waals surface area contributed by atoms with E-state index in [0.29, 0.717) is 0 Å². The van der Waals surface area contributed by atoms with Gasteiger partial charge in [-0.1, -0.05) is 0 Å². The van der Waals surface area contributed by atoms with Crippen molar-refractivity contribution in [3.8, 4) is 0 Å². The first-order chi connectivity index (χ1) is 7.20. The summed E-state index contributed by atoms with van der Waals surface area (Å²) in [7, 11) is 0. The fraction of sp³-hybridized carbons (Fsp3) is 0.571. The van der Waals surface area contributed by atoms with Crippen LogP contribution in [-0.4, -0.2) is 39.4 Å². The van der Waals surface area contributed by atoms with E-state index >= 15 is 0 Å². The zero-order valence-corrected chi connectivity index (χ0v) is 7.74. The van der Waals surface area contributed by atoms with Gasteiger partial charge in [-0.15, -0.1) is 0 Å². The van der Waals surface area contributed by atoms with Gasteiger partial charge in [-0.2, -0.15) is 14.8 Å². The summed E-state index contributed by atoms with van der Waals surface area (Å²) in [6.07, 6.45) is -0.138. The van der Waals surface area contributed by atoms with Crippen molar-refractivity contribution in [3.63, 3.8) is 0 Å². The average molecular weight is 214 g/mol. The van der Waals surface area contributed by atoms with Crippen LogP contribution in [0.25, 0.3) is 0 Å². The summed E-state index contributed by atoms with van der Waals surface area (Å²) in [5.41, 5.74) is 4.67. The SMILES string of the molecule is Nc1cnn(C2COC(CO)O2)c(=O)n1. The standard InChI is InChI=1S/C7H10N4O4/c8-4-1-9-11(7(13)10-4)5-3-14-6(2-12)15-5/h1,5-6,12H,2-3H2,(H2,8,10,13). The Morgan fingerprint density at radius 3 is 3.13 bits per heavy atom. The Hall–Kier alpha value is -1.51. The van der Waals surface area contributed by atoms with Crippen molar-refractivity contribution in [2.75, 3.05) is 18.9 Å². The fourth-order valence-electron chi connectivity index (χ4n) is 1.23. The molecule has 0 spiro atoms. The van der Waals surface area contributed by atoms with Crippen molar-refractivity contribution in [1.29, 1.82) is 0 Å². The number of nitrogens with two attached hydrogens (primary N) is 1. The van der Waals surface area contributed by atoms with Gasteiger partial charge in [0.15, 0.2) is 12.5 Å². The second-order valence-electron chi connectivity index (χ2n) is 2.94. The third-order valence-electron chi connectivity index (χ3n) is 1.89. The zero-order valence-electron chi connectivity index (χ0n) is 7.74. The van der Waals surface area contributed by atoms with E-state index in [-0.39, 0.29) is 19.0 Å². The van der Waals surface area contributed by atoms with Gasteiger partial charge in [-0.3, -0.25) is 0 Å². The molecule has 15 heavy (non-hydrogen) atoms. The molecule has 2 rings (SSSR count). The number of aliphatic hydroxyl groups is 1. The molecule has 8 heteroatoms. The highest BCUT2D eigenvalue weighted by molar-refractivity contribution is 5.19. The molecule has 0 aliphatic carbocycles. The van der Waals surface area contributed by atoms with Gasteiger partial charge in [0.05, 0.1) is 19.4 Å². The molecule has 2 heterocycles. The van der Waals surface area contributed by atoms with Gasteiger partial charge in [0.25, 0.3) is 0 Å². The summed E-state index contributed by atoms with van der Waals surface area (Å²) in [5, 5.41) is 12.5. The number of hydrogen-bond donors (Lipinski definition) is 2. The van der Waals surface area contributed by atoms with E-state index in [9.17, 15) is 4.79 Å². The van der Waals surface area contributed by atoms with E-state index in [2.05, 4.69) is 10.1 Å². The molecule has 2 atom stereocenters. The lowest BCUT2D eigenvalue weighted by atomic mass is 10.6. The largest absolute Gasteiger partial charge is 0.391 e. The predicted molar refractivity (Wildman–Crippen MR) is 47.7 cm³/mol. The Morgan fingerprint density at radius 1 is 1.73 bits per heavy atom. The summed E-state index contributed by atoms with van der Waals surface area (Å²) in [5.74, 6) is 0.0499. The van der Waals surface area contributed by atoms with Gasteiger partial charge < -0.3 is 20.3 Å².